The van der Waals surface area contributed by atoms with E-state index in [-0.39, 0.29) is 23.2 Å². The number of aromatic amines is 1. The molecule has 1 atom stereocenters. The van der Waals surface area contributed by atoms with E-state index < -0.39 is 0 Å². The van der Waals surface area contributed by atoms with Crippen molar-refractivity contribution >= 4 is 5.91 Å². The molecule has 1 aromatic heterocycles. The minimum absolute atomic E-state index is 0.148. The predicted molar refractivity (Wildman–Crippen MR) is 82.6 cm³/mol. The summed E-state index contributed by atoms with van der Waals surface area (Å²) in [5.74, 6) is -0.148. The van der Waals surface area contributed by atoms with E-state index in [2.05, 4.69) is 34.3 Å². The summed E-state index contributed by atoms with van der Waals surface area (Å²) in [5.41, 5.74) is 1.16. The minimum Gasteiger partial charge on any atom is -0.334 e. The number of carbonyl (C=O) groups is 1. The molecule has 114 valence electrons. The molecule has 22 heavy (non-hydrogen) atoms. The highest BCUT2D eigenvalue weighted by Gasteiger charge is 2.29. The van der Waals surface area contributed by atoms with E-state index >= 15 is 0 Å². The van der Waals surface area contributed by atoms with Crippen LogP contribution in [0.3, 0.4) is 0 Å². The molecule has 0 bridgehead atoms. The molecule has 1 amide bonds. The van der Waals surface area contributed by atoms with Crippen molar-refractivity contribution in [3.63, 3.8) is 0 Å². The molecular formula is C16H18N4O2. The highest BCUT2D eigenvalue weighted by atomic mass is 16.2. The van der Waals surface area contributed by atoms with Crippen LogP contribution in [-0.4, -0.2) is 52.6 Å². The van der Waals surface area contributed by atoms with E-state index in [0.717, 1.165) is 6.54 Å². The molecule has 6 nitrogen and oxygen atoms in total. The molecule has 3 rings (SSSR count). The molecule has 6 heteroatoms. The van der Waals surface area contributed by atoms with Gasteiger partial charge >= 0.3 is 0 Å². The van der Waals surface area contributed by atoms with Crippen molar-refractivity contribution in [1.29, 1.82) is 0 Å². The summed E-state index contributed by atoms with van der Waals surface area (Å²) in [4.78, 5) is 27.6. The third-order valence-corrected chi connectivity index (χ3v) is 4.02. The maximum absolute atomic E-state index is 12.5. The molecule has 2 heterocycles. The highest BCUT2D eigenvalue weighted by Crippen LogP contribution is 2.24. The van der Waals surface area contributed by atoms with Crippen molar-refractivity contribution in [2.75, 3.05) is 26.7 Å². The van der Waals surface area contributed by atoms with Crippen LogP contribution in [0, 0.1) is 0 Å². The van der Waals surface area contributed by atoms with Crippen LogP contribution in [0.2, 0.25) is 0 Å². The Morgan fingerprint density at radius 2 is 1.95 bits per heavy atom. The van der Waals surface area contributed by atoms with Gasteiger partial charge in [0.1, 0.15) is 5.69 Å². The molecule has 1 aromatic carbocycles. The first-order chi connectivity index (χ1) is 10.6. The van der Waals surface area contributed by atoms with E-state index in [4.69, 9.17) is 0 Å². The maximum Gasteiger partial charge on any atom is 0.274 e. The summed E-state index contributed by atoms with van der Waals surface area (Å²) in [7, 11) is 2.07. The predicted octanol–water partition coefficient (Wildman–Crippen LogP) is 0.899. The fourth-order valence-electron chi connectivity index (χ4n) is 2.72. The Hall–Kier alpha value is -2.47. The fraction of sp³-hybridized carbons (Fsp3) is 0.312. The quantitative estimate of drug-likeness (QED) is 0.894. The first-order valence-corrected chi connectivity index (χ1v) is 7.25. The van der Waals surface area contributed by atoms with E-state index in [1.165, 1.54) is 17.7 Å². The zero-order valence-corrected chi connectivity index (χ0v) is 12.4. The Kier molecular flexibility index (Phi) is 4.02. The van der Waals surface area contributed by atoms with Gasteiger partial charge in [-0.3, -0.25) is 14.5 Å². The molecular weight excluding hydrogens is 280 g/mol. The molecule has 0 saturated carbocycles. The normalized spacial score (nSPS) is 19.1. The Labute approximate surface area is 128 Å². The fourth-order valence-corrected chi connectivity index (χ4v) is 2.72. The van der Waals surface area contributed by atoms with Gasteiger partial charge in [0.25, 0.3) is 11.5 Å². The summed E-state index contributed by atoms with van der Waals surface area (Å²) in [6.45, 7) is 2.06. The number of hydrogen-bond acceptors (Lipinski definition) is 4. The number of aromatic nitrogens is 2. The number of nitrogens with one attached hydrogen (secondary N) is 1. The number of carbonyl (C=O) groups excluding carboxylic acids is 1. The van der Waals surface area contributed by atoms with Gasteiger partial charge < -0.3 is 4.90 Å². The lowest BCUT2D eigenvalue weighted by Crippen LogP contribution is -2.49. The van der Waals surface area contributed by atoms with Crippen molar-refractivity contribution in [2.45, 2.75) is 6.04 Å². The number of nitrogens with zero attached hydrogens (tertiary/aromatic N) is 3. The molecule has 0 unspecified atom stereocenters. The summed E-state index contributed by atoms with van der Waals surface area (Å²) in [6, 6.07) is 13.1. The maximum atomic E-state index is 12.5. The first kappa shape index (κ1) is 14.5. The van der Waals surface area contributed by atoms with E-state index in [1.807, 2.05) is 18.2 Å². The second kappa shape index (κ2) is 6.11. The number of H-pyrrole nitrogens is 1. The van der Waals surface area contributed by atoms with Crippen molar-refractivity contribution in [3.8, 4) is 0 Å². The van der Waals surface area contributed by atoms with Crippen LogP contribution < -0.4 is 5.56 Å². The van der Waals surface area contributed by atoms with Crippen molar-refractivity contribution < 1.29 is 4.79 Å². The molecule has 2 aromatic rings. The lowest BCUT2D eigenvalue weighted by Gasteiger charge is -2.39. The van der Waals surface area contributed by atoms with Crippen molar-refractivity contribution in [1.82, 2.24) is 20.0 Å². The number of benzene rings is 1. The molecule has 0 spiro atoms. The standard InChI is InChI=1S/C16H18N4O2/c1-19-9-10-20(11-14(19)12-5-3-2-4-6-12)16(22)13-7-8-15(21)18-17-13/h2-8,14H,9-11H2,1H3,(H,18,21)/t14-/m0/s1. The average molecular weight is 298 g/mol. The molecule has 1 aliphatic heterocycles. The van der Waals surface area contributed by atoms with Crippen LogP contribution in [0.4, 0.5) is 0 Å². The van der Waals surface area contributed by atoms with Gasteiger partial charge in [0.05, 0.1) is 6.04 Å². The van der Waals surface area contributed by atoms with Gasteiger partial charge in [-0.2, -0.15) is 5.10 Å². The van der Waals surface area contributed by atoms with Crippen LogP contribution in [0.25, 0.3) is 0 Å². The van der Waals surface area contributed by atoms with Gasteiger partial charge in [-0.15, -0.1) is 0 Å². The Morgan fingerprint density at radius 1 is 1.18 bits per heavy atom. The van der Waals surface area contributed by atoms with Gasteiger partial charge in [0, 0.05) is 25.7 Å². The number of rotatable bonds is 2. The third kappa shape index (κ3) is 2.92. The van der Waals surface area contributed by atoms with Crippen LogP contribution in [-0.2, 0) is 0 Å². The number of hydrogen-bond donors (Lipinski definition) is 1. The molecule has 1 saturated heterocycles. The largest absolute Gasteiger partial charge is 0.334 e. The van der Waals surface area contributed by atoms with Crippen molar-refractivity contribution in [3.05, 3.63) is 64.1 Å². The van der Waals surface area contributed by atoms with Gasteiger partial charge in [0.2, 0.25) is 0 Å². The van der Waals surface area contributed by atoms with Crippen LogP contribution in [0.15, 0.2) is 47.3 Å². The van der Waals surface area contributed by atoms with E-state index in [1.54, 1.807) is 4.90 Å². The second-order valence-electron chi connectivity index (χ2n) is 5.46. The summed E-state index contributed by atoms with van der Waals surface area (Å²) in [6.07, 6.45) is 0. The topological polar surface area (TPSA) is 69.3 Å². The minimum atomic E-state index is -0.308. The highest BCUT2D eigenvalue weighted by molar-refractivity contribution is 5.92. The summed E-state index contributed by atoms with van der Waals surface area (Å²) in [5, 5.41) is 6.14. The van der Waals surface area contributed by atoms with Gasteiger partial charge in [-0.25, -0.2) is 5.10 Å². The summed E-state index contributed by atoms with van der Waals surface area (Å²) >= 11 is 0. The zero-order valence-electron chi connectivity index (χ0n) is 12.4. The molecule has 0 aliphatic carbocycles. The first-order valence-electron chi connectivity index (χ1n) is 7.25. The monoisotopic (exact) mass is 298 g/mol. The Bertz CT molecular complexity index is 693. The summed E-state index contributed by atoms with van der Waals surface area (Å²) < 4.78 is 0. The molecule has 1 aliphatic rings. The third-order valence-electron chi connectivity index (χ3n) is 4.02. The number of piperazine rings is 1. The number of likely N-dealkylation sites (N-methyl/N-ethyl adjacent to an activating group) is 1. The van der Waals surface area contributed by atoms with Gasteiger partial charge in [-0.05, 0) is 18.7 Å². The van der Waals surface area contributed by atoms with Crippen LogP contribution >= 0.6 is 0 Å². The SMILES string of the molecule is CN1CCN(C(=O)c2ccc(=O)[nH]n2)C[C@H]1c1ccccc1. The lowest BCUT2D eigenvalue weighted by molar-refractivity contribution is 0.0539. The molecule has 0 radical (unpaired) electrons. The second-order valence-corrected chi connectivity index (χ2v) is 5.46. The van der Waals surface area contributed by atoms with Gasteiger partial charge in [0.15, 0.2) is 0 Å². The smallest absolute Gasteiger partial charge is 0.274 e. The Balaban J connectivity index is 1.79. The van der Waals surface area contributed by atoms with Crippen molar-refractivity contribution in [2.24, 2.45) is 0 Å². The molecule has 1 N–H and O–H groups in total. The number of amides is 1. The van der Waals surface area contributed by atoms with Crippen LogP contribution in [0.5, 0.6) is 0 Å². The van der Waals surface area contributed by atoms with Gasteiger partial charge in [-0.1, -0.05) is 30.3 Å². The van der Waals surface area contributed by atoms with E-state index in [0.29, 0.717) is 13.1 Å². The molecule has 1 fully saturated rings. The van der Waals surface area contributed by atoms with Crippen LogP contribution in [0.1, 0.15) is 22.1 Å². The zero-order chi connectivity index (χ0) is 15.5. The average Bonchev–Trinajstić information content (AvgIpc) is 2.56. The van der Waals surface area contributed by atoms with E-state index in [9.17, 15) is 9.59 Å². The Morgan fingerprint density at radius 3 is 2.64 bits per heavy atom. The lowest BCUT2D eigenvalue weighted by atomic mass is 10.0.